The molecule has 0 aromatic carbocycles. The molecule has 47 heteroatoms. The van der Waals surface area contributed by atoms with Crippen LogP contribution in [0.2, 0.25) is 0 Å². The number of carboxylic acids is 1. The van der Waals surface area contributed by atoms with Gasteiger partial charge in [-0.25, -0.2) is 57.9 Å². The maximum atomic E-state index is 13.0. The Bertz CT molecular complexity index is 3600. The summed E-state index contributed by atoms with van der Waals surface area (Å²) in [6, 6.07) is -2.22. The fourth-order valence-electron chi connectivity index (χ4n) is 9.04. The van der Waals surface area contributed by atoms with Gasteiger partial charge >= 0.3 is 160 Å². The number of β-lactam (4-membered cyclic amide) rings is 4. The number of Topliss-reactive ketones (excluding diaryl/α,β-unsaturated/α-hetero) is 3. The first-order valence-electron chi connectivity index (χ1n) is 29.4. The van der Waals surface area contributed by atoms with Crippen molar-refractivity contribution in [2.45, 2.75) is 123 Å². The molecule has 0 saturated carbocycles. The van der Waals surface area contributed by atoms with E-state index < -0.39 is 120 Å². The third-order valence-corrected chi connectivity index (χ3v) is 24.5. The number of nitrogen functional groups attached to an aromatic ring is 3. The largest absolute Gasteiger partial charge is 1.00 e. The molecule has 7 rings (SSSR count). The molecule has 0 bridgehead atoms. The second-order valence-electron chi connectivity index (χ2n) is 21.7. The SMILES string of the molecule is CCCSC[C@@H]1NC(=O)[C@H]1C.CCCSC[C@H]1[C@H](CC(=O)/C(=N\OC(C)(C)C(=O)O)c2cnc(N)s2)C(=O)N1S(=O)(=O)[O-].CCCSC[C@H]1[C@H](CC(=O)/C(=N\OC)c2cnc(N)s2)C(=O)N1S(=O)(=O)[O-].CCCSC[C@H]1[C@H](CC(=O)/C(=N\OC)c2cnc(N)s2)C(=O)N1S(=O)(=O)[O-].[K+].[K+].[K+]. The predicted molar refractivity (Wildman–Crippen MR) is 368 cm³/mol. The smallest absolute Gasteiger partial charge is 0.731 e. The van der Waals surface area contributed by atoms with Gasteiger partial charge in [-0.05, 0) is 62.5 Å². The molecule has 4 fully saturated rings. The Kier molecular flexibility index (Phi) is 44.5. The number of carbonyl (C=O) groups excluding carboxylic acids is 7. The van der Waals surface area contributed by atoms with Gasteiger partial charge in [0.05, 0.1) is 56.4 Å². The van der Waals surface area contributed by atoms with Crippen LogP contribution in [0.25, 0.3) is 0 Å². The van der Waals surface area contributed by atoms with Crippen LogP contribution in [0.4, 0.5) is 15.4 Å². The second kappa shape index (κ2) is 45.8. The van der Waals surface area contributed by atoms with E-state index in [9.17, 15) is 82.4 Å². The number of nitrogens with zero attached hydrogens (tertiary/aromatic N) is 9. The molecule has 542 valence electrons. The molecule has 4 aliphatic heterocycles. The summed E-state index contributed by atoms with van der Waals surface area (Å²) in [5, 5.41) is 23.7. The number of carbonyl (C=O) groups is 8. The summed E-state index contributed by atoms with van der Waals surface area (Å²) < 4.78 is 103. The van der Waals surface area contributed by atoms with E-state index in [0.717, 1.165) is 70.5 Å². The molecule has 0 spiro atoms. The molecular formula is C53H76K3N13O21S10. The predicted octanol–water partition coefficient (Wildman–Crippen LogP) is -6.09. The van der Waals surface area contributed by atoms with E-state index in [1.165, 1.54) is 94.1 Å². The zero-order valence-corrected chi connectivity index (χ0v) is 74.4. The first-order valence-corrected chi connectivity index (χ1v) is 40.6. The second-order valence-corrected chi connectivity index (χ2v) is 33.2. The minimum Gasteiger partial charge on any atom is -0.731 e. The first-order chi connectivity index (χ1) is 45.4. The molecule has 7 heterocycles. The van der Waals surface area contributed by atoms with Gasteiger partial charge in [0, 0.05) is 66.9 Å². The minimum atomic E-state index is -5.01. The van der Waals surface area contributed by atoms with Crippen LogP contribution < -0.4 is 177 Å². The van der Waals surface area contributed by atoms with Crippen LogP contribution in [0.5, 0.6) is 0 Å². The fraction of sp³-hybridized carbons (Fsp3) is 0.623. The standard InChI is InChI=1S/C17H24N4O8S3.2C14H20N4O6S3.C8H15NOS.3K/c1-4-5-30-8-10-9(14(23)21(10)32(26,27)28)6-11(22)13(12-7-19-16(18)31-12)20-29-17(2,3)15(24)25;2*1-3-4-25-7-9-8(13(20)18(9)27(21,22)23)5-10(19)12(17-24-2)11-6-16-14(15)26-11;1-3-4-11-5-7-6(2)8(10)9-7;;;/h7,9-10H,4-6,8H2,1-3H3,(H2,18,19)(H,24,25)(H,26,27,28);2*6,8-9H,3-5,7H2,1-2H3,(H2,15,16)(H,21,22,23);6-7H,3-5H2,1-2H3,(H,9,10);;;/q;;;;3*+1/p-3/b20-13+;2*17-12+;;;;/t9-,10-;2*8-,9-;6-,7-;;;/m0000.../s1. The van der Waals surface area contributed by atoms with E-state index in [1.54, 1.807) is 0 Å². The van der Waals surface area contributed by atoms with Crippen LogP contribution >= 0.6 is 81.1 Å². The van der Waals surface area contributed by atoms with E-state index in [2.05, 4.69) is 42.7 Å². The Morgan fingerprint density at radius 3 is 1.06 bits per heavy atom. The van der Waals surface area contributed by atoms with Crippen molar-refractivity contribution in [1.29, 1.82) is 0 Å². The topological polar surface area (TPSA) is 532 Å². The number of nitrogens with one attached hydrogen (secondary N) is 1. The maximum Gasteiger partial charge on any atom is 1.00 e. The van der Waals surface area contributed by atoms with Gasteiger partial charge in [-0.3, -0.25) is 33.6 Å². The summed E-state index contributed by atoms with van der Waals surface area (Å²) in [7, 11) is -12.3. The van der Waals surface area contributed by atoms with Gasteiger partial charge in [0.15, 0.2) is 80.8 Å². The average molecular weight is 1670 g/mol. The number of anilines is 3. The molecule has 0 unspecified atom stereocenters. The van der Waals surface area contributed by atoms with Crippen LogP contribution in [0.3, 0.4) is 0 Å². The zero-order valence-electron chi connectivity index (χ0n) is 56.9. The molecular weight excluding hydrogens is 1590 g/mol. The van der Waals surface area contributed by atoms with Crippen molar-refractivity contribution >= 4 is 191 Å². The number of thiazole rings is 3. The Balaban J connectivity index is 0.000000688. The monoisotopic (exact) mass is 1670 g/mol. The molecule has 0 aliphatic carbocycles. The van der Waals surface area contributed by atoms with E-state index in [1.807, 2.05) is 39.5 Å². The molecule has 4 aliphatic rings. The molecule has 34 nitrogen and oxygen atoms in total. The zero-order chi connectivity index (χ0) is 72.9. The molecule has 8 N–H and O–H groups in total. The van der Waals surface area contributed by atoms with Crippen molar-refractivity contribution in [1.82, 2.24) is 33.2 Å². The number of aliphatic carboxylic acids is 1. The van der Waals surface area contributed by atoms with Crippen molar-refractivity contribution in [3.8, 4) is 0 Å². The number of aromatic nitrogens is 3. The summed E-state index contributed by atoms with van der Waals surface area (Å²) in [4.78, 5) is 124. The van der Waals surface area contributed by atoms with Gasteiger partial charge < -0.3 is 55.8 Å². The van der Waals surface area contributed by atoms with Gasteiger partial charge in [-0.2, -0.15) is 47.0 Å². The summed E-state index contributed by atoms with van der Waals surface area (Å²) in [6.45, 7) is 12.5. The number of thioether (sulfide) groups is 4. The summed E-state index contributed by atoms with van der Waals surface area (Å²) >= 11 is 9.09. The van der Waals surface area contributed by atoms with Gasteiger partial charge in [-0.15, -0.1) is 0 Å². The number of hydrogen-bond acceptors (Lipinski definition) is 36. The Hall–Kier alpha value is -0.901. The molecule has 3 aromatic rings. The van der Waals surface area contributed by atoms with Gasteiger partial charge in [0.1, 0.15) is 14.2 Å². The summed E-state index contributed by atoms with van der Waals surface area (Å²) in [5.74, 6) is -3.04. The van der Waals surface area contributed by atoms with Crippen LogP contribution in [0.1, 0.15) is 108 Å². The molecule has 3 aromatic heterocycles. The normalized spacial score (nSPS) is 20.6. The molecule has 0 radical (unpaired) electrons. The van der Waals surface area contributed by atoms with E-state index in [0.29, 0.717) is 30.2 Å². The Morgan fingerprint density at radius 1 is 0.560 bits per heavy atom. The van der Waals surface area contributed by atoms with E-state index >= 15 is 0 Å². The van der Waals surface area contributed by atoms with Crippen LogP contribution in [0, 0.1) is 23.7 Å². The third-order valence-electron chi connectivity index (χ3n) is 14.0. The van der Waals surface area contributed by atoms with Crippen molar-refractivity contribution in [3.05, 3.63) is 33.2 Å². The van der Waals surface area contributed by atoms with Crippen molar-refractivity contribution < 1.29 is 251 Å². The Morgan fingerprint density at radius 2 is 0.840 bits per heavy atom. The van der Waals surface area contributed by atoms with Crippen molar-refractivity contribution in [2.24, 2.45) is 39.1 Å². The fourth-order valence-corrected chi connectivity index (χ4v) is 18.4. The molecule has 100 heavy (non-hydrogen) atoms. The first kappa shape index (κ1) is 97.1. The molecule has 4 saturated heterocycles. The molecule has 4 amide bonds. The van der Waals surface area contributed by atoms with Crippen LogP contribution in [-0.2, 0) is 83.8 Å². The van der Waals surface area contributed by atoms with Gasteiger partial charge in [-0.1, -0.05) is 84.1 Å². The van der Waals surface area contributed by atoms with E-state index in [4.69, 9.17) is 31.7 Å². The maximum absolute atomic E-state index is 13.0. The van der Waals surface area contributed by atoms with Crippen LogP contribution in [0.15, 0.2) is 34.1 Å². The quantitative estimate of drug-likeness (QED) is 0.00903. The van der Waals surface area contributed by atoms with Gasteiger partial charge in [0.25, 0.3) is 0 Å². The number of hydrogen-bond donors (Lipinski definition) is 5. The third kappa shape index (κ3) is 28.3. The number of rotatable bonds is 36. The number of oxime groups is 3. The average Bonchev–Trinajstić information content (AvgIpc) is 1.05. The van der Waals surface area contributed by atoms with Gasteiger partial charge in [0.2, 0.25) is 29.2 Å². The number of amides is 4. The van der Waals surface area contributed by atoms with Crippen LogP contribution in [-0.4, -0.2) is 226 Å². The minimum absolute atomic E-state index is 0. The van der Waals surface area contributed by atoms with Crippen molar-refractivity contribution in [3.63, 3.8) is 0 Å². The summed E-state index contributed by atoms with van der Waals surface area (Å²) in [6.07, 6.45) is 6.69. The van der Waals surface area contributed by atoms with E-state index in [-0.39, 0.29) is 238 Å². The number of carboxylic acid groups (broad SMARTS) is 1. The summed E-state index contributed by atoms with van der Waals surface area (Å²) in [5.41, 5.74) is 14.6. The Labute approximate surface area is 737 Å². The number of ketones is 3. The van der Waals surface area contributed by atoms with Crippen molar-refractivity contribution in [2.75, 3.05) is 77.4 Å². The number of nitrogens with two attached hydrogens (primary N) is 3. The molecule has 8 atom stereocenters.